The summed E-state index contributed by atoms with van der Waals surface area (Å²) in [4.78, 5) is 20.1. The number of nitrogens with one attached hydrogen (secondary N) is 2. The molecule has 0 spiro atoms. The molecular weight excluding hydrogens is 497 g/mol. The molecule has 1 unspecified atom stereocenters. The van der Waals surface area contributed by atoms with Crippen molar-refractivity contribution in [1.82, 2.24) is 29.8 Å². The molecule has 2 aromatic heterocycles. The smallest absolute Gasteiger partial charge is 0.296 e. The van der Waals surface area contributed by atoms with E-state index in [1.807, 2.05) is 4.90 Å². The number of alkyl halides is 2. The molecule has 2 N–H and O–H groups in total. The largest absolute Gasteiger partial charge is 0.380 e. The van der Waals surface area contributed by atoms with Crippen molar-refractivity contribution in [2.75, 3.05) is 43.0 Å². The van der Waals surface area contributed by atoms with E-state index in [0.29, 0.717) is 61.3 Å². The van der Waals surface area contributed by atoms with Gasteiger partial charge in [-0.05, 0) is 37.1 Å². The zero-order valence-electron chi connectivity index (χ0n) is 20.5. The number of anilines is 2. The first kappa shape index (κ1) is 24.6. The number of para-hydroxylation sites is 3. The van der Waals surface area contributed by atoms with E-state index in [0.717, 1.165) is 12.8 Å². The van der Waals surface area contributed by atoms with Crippen molar-refractivity contribution < 1.29 is 17.9 Å². The summed E-state index contributed by atoms with van der Waals surface area (Å²) >= 11 is 0. The summed E-state index contributed by atoms with van der Waals surface area (Å²) in [6, 6.07) is 13.6. The molecule has 6 rings (SSSR count). The molecule has 2 fully saturated rings. The Morgan fingerprint density at radius 1 is 0.947 bits per heavy atom. The molecule has 38 heavy (non-hydrogen) atoms. The Morgan fingerprint density at radius 2 is 1.71 bits per heavy atom. The third-order valence-electron chi connectivity index (χ3n) is 6.84. The highest BCUT2D eigenvalue weighted by Gasteiger charge is 2.28. The fourth-order valence-electron chi connectivity index (χ4n) is 4.91. The van der Waals surface area contributed by atoms with Gasteiger partial charge in [-0.15, -0.1) is 0 Å². The summed E-state index contributed by atoms with van der Waals surface area (Å²) in [6.45, 7) is 2.91. The van der Waals surface area contributed by atoms with Crippen molar-refractivity contribution in [1.29, 1.82) is 0 Å². The molecule has 0 saturated carbocycles. The topological polar surface area (TPSA) is 93.0 Å². The van der Waals surface area contributed by atoms with Gasteiger partial charge in [0.15, 0.2) is 11.6 Å². The van der Waals surface area contributed by atoms with Gasteiger partial charge < -0.3 is 20.3 Å². The number of piperidine rings is 1. The molecular formula is C26H27F3N8O. The van der Waals surface area contributed by atoms with Gasteiger partial charge in [0.1, 0.15) is 11.9 Å². The molecule has 198 valence electrons. The van der Waals surface area contributed by atoms with Crippen LogP contribution in [0.1, 0.15) is 37.0 Å². The average Bonchev–Trinajstić information content (AvgIpc) is 3.35. The molecule has 0 radical (unpaired) electrons. The zero-order valence-corrected chi connectivity index (χ0v) is 20.5. The summed E-state index contributed by atoms with van der Waals surface area (Å²) < 4.78 is 49.5. The lowest BCUT2D eigenvalue weighted by atomic mass is 10.0. The number of halogens is 3. The third kappa shape index (κ3) is 4.88. The van der Waals surface area contributed by atoms with E-state index >= 15 is 0 Å². The zero-order chi connectivity index (χ0) is 26.1. The Bertz CT molecular complexity index is 1420. The van der Waals surface area contributed by atoms with Gasteiger partial charge >= 0.3 is 0 Å². The minimum atomic E-state index is -2.82. The number of benzene rings is 2. The van der Waals surface area contributed by atoms with Crippen LogP contribution in [0.2, 0.25) is 0 Å². The first-order valence-electron chi connectivity index (χ1n) is 12.7. The van der Waals surface area contributed by atoms with Crippen LogP contribution in [0, 0.1) is 5.82 Å². The van der Waals surface area contributed by atoms with Gasteiger partial charge in [0.05, 0.1) is 23.3 Å². The van der Waals surface area contributed by atoms with Gasteiger partial charge in [0.2, 0.25) is 11.9 Å². The number of hydrogen-bond donors (Lipinski definition) is 2. The van der Waals surface area contributed by atoms with Crippen molar-refractivity contribution in [3.05, 3.63) is 66.0 Å². The Kier molecular flexibility index (Phi) is 6.81. The SMILES string of the molecule is Fc1ccccc1NC1CCN(c2nc(C3CNCCO3)nc(-n3c(C(F)F)nc4ccccc43)n2)CC1. The van der Waals surface area contributed by atoms with Gasteiger partial charge in [-0.2, -0.15) is 15.0 Å². The highest BCUT2D eigenvalue weighted by molar-refractivity contribution is 5.77. The number of aromatic nitrogens is 5. The normalized spacial score (nSPS) is 18.8. The summed E-state index contributed by atoms with van der Waals surface area (Å²) in [5.74, 6) is 0.132. The monoisotopic (exact) mass is 524 g/mol. The minimum absolute atomic E-state index is 0.0785. The third-order valence-corrected chi connectivity index (χ3v) is 6.84. The molecule has 0 aliphatic carbocycles. The highest BCUT2D eigenvalue weighted by Crippen LogP contribution is 2.29. The maximum Gasteiger partial charge on any atom is 0.296 e. The quantitative estimate of drug-likeness (QED) is 0.391. The predicted molar refractivity (Wildman–Crippen MR) is 136 cm³/mol. The van der Waals surface area contributed by atoms with Gasteiger partial charge in [-0.3, -0.25) is 4.57 Å². The van der Waals surface area contributed by atoms with Gasteiger partial charge in [0, 0.05) is 32.2 Å². The van der Waals surface area contributed by atoms with Crippen LogP contribution >= 0.6 is 0 Å². The van der Waals surface area contributed by atoms with Crippen molar-refractivity contribution in [2.24, 2.45) is 0 Å². The molecule has 0 bridgehead atoms. The molecule has 9 nitrogen and oxygen atoms in total. The van der Waals surface area contributed by atoms with E-state index < -0.39 is 18.4 Å². The van der Waals surface area contributed by atoms with Crippen LogP contribution in [-0.4, -0.2) is 63.3 Å². The van der Waals surface area contributed by atoms with Crippen LogP contribution in [0.5, 0.6) is 0 Å². The molecule has 2 aromatic carbocycles. The minimum Gasteiger partial charge on any atom is -0.380 e. The number of fused-ring (bicyclic) bond motifs is 1. The first-order chi connectivity index (χ1) is 18.6. The number of hydrogen-bond acceptors (Lipinski definition) is 8. The van der Waals surface area contributed by atoms with Crippen LogP contribution in [0.15, 0.2) is 48.5 Å². The summed E-state index contributed by atoms with van der Waals surface area (Å²) in [5.41, 5.74) is 1.40. The molecule has 2 saturated heterocycles. The maximum atomic E-state index is 14.1. The Hall–Kier alpha value is -3.77. The number of imidazole rings is 1. The van der Waals surface area contributed by atoms with Crippen LogP contribution in [-0.2, 0) is 4.74 Å². The van der Waals surface area contributed by atoms with Crippen LogP contribution in [0.25, 0.3) is 17.0 Å². The standard InChI is InChI=1S/C26H27F3N8O/c27-17-5-1-2-6-18(17)31-16-9-12-36(13-10-16)25-33-23(21-15-30-11-14-38-21)34-26(35-25)37-20-8-4-3-7-19(20)32-24(37)22(28)29/h1-8,16,21-22,30-31H,9-15H2. The predicted octanol–water partition coefficient (Wildman–Crippen LogP) is 4.03. The van der Waals surface area contributed by atoms with E-state index in [4.69, 9.17) is 9.72 Å². The fourth-order valence-corrected chi connectivity index (χ4v) is 4.91. The van der Waals surface area contributed by atoms with E-state index in [2.05, 4.69) is 25.6 Å². The fraction of sp³-hybridized carbons (Fsp3) is 0.385. The van der Waals surface area contributed by atoms with Crippen molar-refractivity contribution in [3.63, 3.8) is 0 Å². The first-order valence-corrected chi connectivity index (χ1v) is 12.7. The lowest BCUT2D eigenvalue weighted by Crippen LogP contribution is -2.41. The van der Waals surface area contributed by atoms with E-state index in [9.17, 15) is 13.2 Å². The molecule has 2 aliphatic heterocycles. The van der Waals surface area contributed by atoms with Crippen molar-refractivity contribution in [2.45, 2.75) is 31.4 Å². The second kappa shape index (κ2) is 10.5. The number of nitrogens with zero attached hydrogens (tertiary/aromatic N) is 6. The van der Waals surface area contributed by atoms with E-state index in [1.54, 1.807) is 42.5 Å². The lowest BCUT2D eigenvalue weighted by Gasteiger charge is -2.33. The number of morpholine rings is 1. The van der Waals surface area contributed by atoms with Gasteiger partial charge in [0.25, 0.3) is 6.43 Å². The van der Waals surface area contributed by atoms with Crippen LogP contribution < -0.4 is 15.5 Å². The van der Waals surface area contributed by atoms with E-state index in [1.165, 1.54) is 10.6 Å². The maximum absolute atomic E-state index is 14.1. The number of rotatable bonds is 6. The molecule has 12 heteroatoms. The molecule has 0 amide bonds. The average molecular weight is 525 g/mol. The highest BCUT2D eigenvalue weighted by atomic mass is 19.3. The molecule has 4 heterocycles. The Morgan fingerprint density at radius 3 is 2.47 bits per heavy atom. The molecule has 1 atom stereocenters. The summed E-state index contributed by atoms with van der Waals surface area (Å²) in [6.07, 6.45) is -1.81. The lowest BCUT2D eigenvalue weighted by molar-refractivity contribution is 0.0220. The summed E-state index contributed by atoms with van der Waals surface area (Å²) in [7, 11) is 0. The Balaban J connectivity index is 1.33. The van der Waals surface area contributed by atoms with Gasteiger partial charge in [-0.25, -0.2) is 18.2 Å². The van der Waals surface area contributed by atoms with Gasteiger partial charge in [-0.1, -0.05) is 24.3 Å². The second-order valence-corrected chi connectivity index (χ2v) is 9.34. The van der Waals surface area contributed by atoms with Crippen molar-refractivity contribution >= 4 is 22.7 Å². The van der Waals surface area contributed by atoms with E-state index in [-0.39, 0.29) is 17.8 Å². The van der Waals surface area contributed by atoms with Crippen molar-refractivity contribution in [3.8, 4) is 5.95 Å². The number of ether oxygens (including phenoxy) is 1. The van der Waals surface area contributed by atoms with Crippen LogP contribution in [0.4, 0.5) is 24.8 Å². The second-order valence-electron chi connectivity index (χ2n) is 9.34. The molecule has 4 aromatic rings. The Labute approximate surface area is 217 Å². The van der Waals surface area contributed by atoms with Crippen LogP contribution in [0.3, 0.4) is 0 Å². The molecule has 2 aliphatic rings. The summed E-state index contributed by atoms with van der Waals surface area (Å²) in [5, 5.41) is 6.54.